The van der Waals surface area contributed by atoms with Gasteiger partial charge in [0.25, 0.3) is 5.91 Å². The molecule has 0 radical (unpaired) electrons. The first-order valence-corrected chi connectivity index (χ1v) is 8.94. The molecule has 3 N–H and O–H groups in total. The van der Waals surface area contributed by atoms with Gasteiger partial charge in [-0.25, -0.2) is 4.39 Å². The van der Waals surface area contributed by atoms with Gasteiger partial charge in [-0.15, -0.1) is 0 Å². The topological polar surface area (TPSA) is 91.4 Å². The van der Waals surface area contributed by atoms with Crippen molar-refractivity contribution < 1.29 is 19.0 Å². The third kappa shape index (κ3) is 4.28. The predicted octanol–water partition coefficient (Wildman–Crippen LogP) is 2.11. The Balaban J connectivity index is 1.57. The van der Waals surface area contributed by atoms with Crippen molar-refractivity contribution >= 4 is 16.8 Å². The Morgan fingerprint density at radius 1 is 1.35 bits per heavy atom. The molecule has 2 aromatic rings. The minimum atomic E-state index is -0.849. The summed E-state index contributed by atoms with van der Waals surface area (Å²) >= 11 is 0. The first-order valence-electron chi connectivity index (χ1n) is 8.94. The lowest BCUT2D eigenvalue weighted by molar-refractivity contribution is -0.0225. The van der Waals surface area contributed by atoms with Crippen LogP contribution in [0.15, 0.2) is 29.2 Å². The molecular weight excluding hydrogens is 339 g/mol. The fourth-order valence-corrected chi connectivity index (χ4v) is 3.23. The van der Waals surface area contributed by atoms with Gasteiger partial charge in [0.15, 0.2) is 0 Å². The fourth-order valence-electron chi connectivity index (χ4n) is 3.23. The van der Waals surface area contributed by atoms with Crippen LogP contribution in [0.1, 0.15) is 42.5 Å². The largest absolute Gasteiger partial charge is 0.389 e. The standard InChI is InChI=1S/C19H23FN2O4/c20-16-8-4-7-14-17(16)21-10-15(18(14)24)19(25)22-9-12(23)11-26-13-5-2-1-3-6-13/h4,7-8,10,12-13,23H,1-3,5-6,9,11H2,(H,21,24)(H,22,25)/t12-/m1/s1. The molecule has 7 heteroatoms. The molecule has 1 aromatic carbocycles. The van der Waals surface area contributed by atoms with Crippen LogP contribution in [0.2, 0.25) is 0 Å². The van der Waals surface area contributed by atoms with Crippen molar-refractivity contribution in [1.29, 1.82) is 0 Å². The average molecular weight is 362 g/mol. The number of aromatic amines is 1. The van der Waals surface area contributed by atoms with E-state index < -0.39 is 23.3 Å². The number of hydrogen-bond acceptors (Lipinski definition) is 4. The summed E-state index contributed by atoms with van der Waals surface area (Å²) in [5.74, 6) is -1.17. The Kier molecular flexibility index (Phi) is 6.00. The molecule has 1 aromatic heterocycles. The summed E-state index contributed by atoms with van der Waals surface area (Å²) in [6, 6.07) is 4.11. The number of para-hydroxylation sites is 1. The van der Waals surface area contributed by atoms with Gasteiger partial charge in [0.05, 0.1) is 24.3 Å². The highest BCUT2D eigenvalue weighted by molar-refractivity contribution is 5.97. The maximum absolute atomic E-state index is 13.7. The van der Waals surface area contributed by atoms with E-state index in [2.05, 4.69) is 10.3 Å². The number of rotatable bonds is 6. The molecule has 1 aliphatic rings. The van der Waals surface area contributed by atoms with E-state index in [1.807, 2.05) is 0 Å². The van der Waals surface area contributed by atoms with Gasteiger partial charge in [0.1, 0.15) is 11.4 Å². The Morgan fingerprint density at radius 3 is 2.88 bits per heavy atom. The summed E-state index contributed by atoms with van der Waals surface area (Å²) < 4.78 is 19.3. The van der Waals surface area contributed by atoms with Crippen molar-refractivity contribution in [3.8, 4) is 0 Å². The maximum atomic E-state index is 13.7. The molecule has 1 fully saturated rings. The molecule has 0 unspecified atom stereocenters. The van der Waals surface area contributed by atoms with Crippen LogP contribution in [0.5, 0.6) is 0 Å². The Labute approximate surface area is 150 Å². The van der Waals surface area contributed by atoms with Crippen molar-refractivity contribution in [3.63, 3.8) is 0 Å². The van der Waals surface area contributed by atoms with Crippen LogP contribution in [0.25, 0.3) is 10.9 Å². The molecule has 140 valence electrons. The molecule has 0 aliphatic heterocycles. The summed E-state index contributed by atoms with van der Waals surface area (Å²) in [5, 5.41) is 12.6. The zero-order valence-corrected chi connectivity index (χ0v) is 14.5. The van der Waals surface area contributed by atoms with Gasteiger partial charge in [0.2, 0.25) is 5.43 Å². The van der Waals surface area contributed by atoms with Gasteiger partial charge >= 0.3 is 0 Å². The SMILES string of the molecule is O=C(NC[C@@H](O)COC1CCCCC1)c1c[nH]c2c(F)cccc2c1=O. The number of fused-ring (bicyclic) bond motifs is 1. The third-order valence-electron chi connectivity index (χ3n) is 4.68. The number of carbonyl (C=O) groups excluding carboxylic acids is 1. The van der Waals surface area contributed by atoms with Gasteiger partial charge in [0, 0.05) is 18.1 Å². The lowest BCUT2D eigenvalue weighted by Crippen LogP contribution is -2.37. The molecule has 1 amide bonds. The molecule has 1 heterocycles. The van der Waals surface area contributed by atoms with E-state index >= 15 is 0 Å². The first kappa shape index (κ1) is 18.5. The zero-order valence-electron chi connectivity index (χ0n) is 14.5. The monoisotopic (exact) mass is 362 g/mol. The van der Waals surface area contributed by atoms with E-state index in [4.69, 9.17) is 4.74 Å². The van der Waals surface area contributed by atoms with E-state index in [0.29, 0.717) is 0 Å². The van der Waals surface area contributed by atoms with E-state index in [-0.39, 0.29) is 35.7 Å². The number of aromatic nitrogens is 1. The van der Waals surface area contributed by atoms with Crippen LogP contribution in [0.3, 0.4) is 0 Å². The number of amides is 1. The smallest absolute Gasteiger partial charge is 0.256 e. The van der Waals surface area contributed by atoms with Crippen LogP contribution >= 0.6 is 0 Å². The minimum absolute atomic E-state index is 0.0216. The highest BCUT2D eigenvalue weighted by Crippen LogP contribution is 2.20. The molecule has 1 saturated carbocycles. The van der Waals surface area contributed by atoms with Gasteiger partial charge < -0.3 is 20.1 Å². The molecule has 0 bridgehead atoms. The molecule has 0 spiro atoms. The number of benzene rings is 1. The van der Waals surface area contributed by atoms with Crippen LogP contribution in [0, 0.1) is 5.82 Å². The Morgan fingerprint density at radius 2 is 2.12 bits per heavy atom. The van der Waals surface area contributed by atoms with Crippen molar-refractivity contribution in [2.24, 2.45) is 0 Å². The number of H-pyrrole nitrogens is 1. The fraction of sp³-hybridized carbons (Fsp3) is 0.474. The normalized spacial score (nSPS) is 16.5. The van der Waals surface area contributed by atoms with E-state index in [0.717, 1.165) is 25.7 Å². The number of aliphatic hydroxyl groups excluding tert-OH is 1. The van der Waals surface area contributed by atoms with Gasteiger partial charge in [-0.05, 0) is 25.0 Å². The summed E-state index contributed by atoms with van der Waals surface area (Å²) in [6.45, 7) is 0.121. The Bertz CT molecular complexity index is 830. The number of halogens is 1. The summed E-state index contributed by atoms with van der Waals surface area (Å²) in [5.41, 5.74) is -0.609. The van der Waals surface area contributed by atoms with Gasteiger partial charge in [-0.3, -0.25) is 9.59 Å². The van der Waals surface area contributed by atoms with Crippen molar-refractivity contribution in [1.82, 2.24) is 10.3 Å². The summed E-state index contributed by atoms with van der Waals surface area (Å²) in [7, 11) is 0. The number of pyridine rings is 1. The molecule has 6 nitrogen and oxygen atoms in total. The zero-order chi connectivity index (χ0) is 18.5. The lowest BCUT2D eigenvalue weighted by Gasteiger charge is -2.23. The average Bonchev–Trinajstić information content (AvgIpc) is 2.66. The maximum Gasteiger partial charge on any atom is 0.256 e. The van der Waals surface area contributed by atoms with Crippen LogP contribution in [-0.2, 0) is 4.74 Å². The van der Waals surface area contributed by atoms with Crippen molar-refractivity contribution in [2.45, 2.75) is 44.3 Å². The highest BCUT2D eigenvalue weighted by atomic mass is 19.1. The number of aliphatic hydroxyl groups is 1. The predicted molar refractivity (Wildman–Crippen MR) is 95.7 cm³/mol. The molecular formula is C19H23FN2O4. The minimum Gasteiger partial charge on any atom is -0.389 e. The number of nitrogens with one attached hydrogen (secondary N) is 2. The third-order valence-corrected chi connectivity index (χ3v) is 4.68. The van der Waals surface area contributed by atoms with Crippen molar-refractivity contribution in [3.05, 3.63) is 46.0 Å². The molecule has 3 rings (SSSR count). The van der Waals surface area contributed by atoms with E-state index in [1.54, 1.807) is 0 Å². The second-order valence-electron chi connectivity index (χ2n) is 6.65. The first-order chi connectivity index (χ1) is 12.6. The second kappa shape index (κ2) is 8.42. The van der Waals surface area contributed by atoms with Crippen LogP contribution in [0.4, 0.5) is 4.39 Å². The van der Waals surface area contributed by atoms with E-state index in [1.165, 1.54) is 30.8 Å². The summed E-state index contributed by atoms with van der Waals surface area (Å²) in [4.78, 5) is 27.2. The quantitative estimate of drug-likeness (QED) is 0.734. The number of carbonyl (C=O) groups is 1. The van der Waals surface area contributed by atoms with Crippen LogP contribution < -0.4 is 10.7 Å². The van der Waals surface area contributed by atoms with Crippen LogP contribution in [-0.4, -0.2) is 41.4 Å². The Hall–Kier alpha value is -2.25. The van der Waals surface area contributed by atoms with Gasteiger partial charge in [-0.2, -0.15) is 0 Å². The van der Waals surface area contributed by atoms with Gasteiger partial charge in [-0.1, -0.05) is 25.3 Å². The molecule has 1 atom stereocenters. The molecule has 0 saturated heterocycles. The number of ether oxygens (including phenoxy) is 1. The molecule has 26 heavy (non-hydrogen) atoms. The highest BCUT2D eigenvalue weighted by Gasteiger charge is 2.18. The summed E-state index contributed by atoms with van der Waals surface area (Å²) in [6.07, 6.45) is 6.03. The molecule has 1 aliphatic carbocycles. The lowest BCUT2D eigenvalue weighted by atomic mass is 9.98. The second-order valence-corrected chi connectivity index (χ2v) is 6.65. The number of hydrogen-bond donors (Lipinski definition) is 3. The van der Waals surface area contributed by atoms with E-state index in [9.17, 15) is 19.1 Å². The van der Waals surface area contributed by atoms with Crippen molar-refractivity contribution in [2.75, 3.05) is 13.2 Å².